The molecule has 0 aliphatic heterocycles. The molecule has 4 nitrogen and oxygen atoms in total. The summed E-state index contributed by atoms with van der Waals surface area (Å²) >= 11 is 0. The van der Waals surface area contributed by atoms with E-state index in [-0.39, 0.29) is 12.5 Å². The van der Waals surface area contributed by atoms with Crippen LogP contribution in [0.4, 0.5) is 13.2 Å². The number of halogens is 3. The Balaban J connectivity index is 2.29. The average molecular weight is 290 g/mol. The van der Waals surface area contributed by atoms with Crippen molar-refractivity contribution in [3.63, 3.8) is 0 Å². The van der Waals surface area contributed by atoms with E-state index in [0.29, 0.717) is 19.4 Å². The van der Waals surface area contributed by atoms with Crippen LogP contribution in [0.3, 0.4) is 0 Å². The molecule has 0 amide bonds. The van der Waals surface area contributed by atoms with Gasteiger partial charge in [0.25, 0.3) is 0 Å². The summed E-state index contributed by atoms with van der Waals surface area (Å²) in [4.78, 5) is 0. The first-order valence-corrected chi connectivity index (χ1v) is 7.09. The molecule has 3 unspecified atom stereocenters. The largest absolute Gasteiger partial charge is 0.392 e. The first-order valence-electron chi connectivity index (χ1n) is 7.09. The molecule has 1 aliphatic carbocycles. The topological polar surface area (TPSA) is 42.7 Å². The lowest BCUT2D eigenvalue weighted by Gasteiger charge is -2.38. The third-order valence-electron chi connectivity index (χ3n) is 4.16. The Morgan fingerprint density at radius 3 is 2.65 bits per heavy atom. The predicted octanol–water partition coefficient (Wildman–Crippen LogP) is 2.83. The van der Waals surface area contributed by atoms with E-state index in [2.05, 4.69) is 15.6 Å². The fourth-order valence-corrected chi connectivity index (χ4v) is 3.24. The predicted molar refractivity (Wildman–Crippen MR) is 68.9 cm³/mol. The molecule has 1 heterocycles. The molecule has 2 rings (SSSR count). The average Bonchev–Trinajstić information content (AvgIpc) is 2.81. The summed E-state index contributed by atoms with van der Waals surface area (Å²) in [5.41, 5.74) is 0.730. The quantitative estimate of drug-likeness (QED) is 0.927. The lowest BCUT2D eigenvalue weighted by atomic mass is 9.74. The molecule has 3 atom stereocenters. The van der Waals surface area contributed by atoms with Gasteiger partial charge in [0.1, 0.15) is 0 Å². The zero-order chi connectivity index (χ0) is 14.8. The van der Waals surface area contributed by atoms with Gasteiger partial charge in [-0.25, -0.2) is 0 Å². The van der Waals surface area contributed by atoms with Crippen LogP contribution in [0.1, 0.15) is 44.3 Å². The standard InChI is InChI=1S/C13H21F3N4/c1-3-17-12(11-8-18-19-20(11)2)9-6-4-5-7-10(9)13(14,15)16/h8-10,12,17H,3-7H2,1-2H3. The van der Waals surface area contributed by atoms with Crippen molar-refractivity contribution in [2.45, 2.75) is 44.8 Å². The van der Waals surface area contributed by atoms with E-state index in [1.54, 1.807) is 17.9 Å². The second-order valence-corrected chi connectivity index (χ2v) is 5.41. The lowest BCUT2D eigenvalue weighted by Crippen LogP contribution is -2.41. The summed E-state index contributed by atoms with van der Waals surface area (Å²) in [6.07, 6.45) is -0.248. The third kappa shape index (κ3) is 3.13. The molecule has 1 saturated carbocycles. The summed E-state index contributed by atoms with van der Waals surface area (Å²) < 4.78 is 41.4. The van der Waals surface area contributed by atoms with Gasteiger partial charge in [0.05, 0.1) is 23.9 Å². The van der Waals surface area contributed by atoms with Gasteiger partial charge in [-0.15, -0.1) is 5.10 Å². The summed E-state index contributed by atoms with van der Waals surface area (Å²) in [7, 11) is 1.72. The molecule has 1 aliphatic rings. The van der Waals surface area contributed by atoms with Crippen molar-refractivity contribution >= 4 is 0 Å². The van der Waals surface area contributed by atoms with Gasteiger partial charge in [-0.3, -0.25) is 4.68 Å². The highest BCUT2D eigenvalue weighted by Crippen LogP contribution is 2.46. The van der Waals surface area contributed by atoms with E-state index in [1.807, 2.05) is 6.92 Å². The fraction of sp³-hybridized carbons (Fsp3) is 0.846. The van der Waals surface area contributed by atoms with Crippen LogP contribution in [0, 0.1) is 11.8 Å². The highest BCUT2D eigenvalue weighted by atomic mass is 19.4. The van der Waals surface area contributed by atoms with Gasteiger partial charge in [-0.05, 0) is 25.3 Å². The molecular formula is C13H21F3N4. The number of rotatable bonds is 4. The minimum absolute atomic E-state index is 0.224. The van der Waals surface area contributed by atoms with Gasteiger partial charge in [-0.1, -0.05) is 25.0 Å². The minimum atomic E-state index is -4.13. The molecule has 20 heavy (non-hydrogen) atoms. The lowest BCUT2D eigenvalue weighted by molar-refractivity contribution is -0.199. The Labute approximate surface area is 116 Å². The number of aromatic nitrogens is 3. The molecule has 0 spiro atoms. The summed E-state index contributed by atoms with van der Waals surface area (Å²) in [6.45, 7) is 2.53. The maximum atomic E-state index is 13.3. The number of alkyl halides is 3. The van der Waals surface area contributed by atoms with Crippen molar-refractivity contribution in [1.82, 2.24) is 20.3 Å². The maximum absolute atomic E-state index is 13.3. The second kappa shape index (κ2) is 6.11. The first-order chi connectivity index (χ1) is 9.45. The van der Waals surface area contributed by atoms with Crippen LogP contribution in [0.2, 0.25) is 0 Å². The van der Waals surface area contributed by atoms with E-state index in [9.17, 15) is 13.2 Å². The van der Waals surface area contributed by atoms with E-state index >= 15 is 0 Å². The summed E-state index contributed by atoms with van der Waals surface area (Å²) in [5.74, 6) is -1.68. The maximum Gasteiger partial charge on any atom is 0.392 e. The Hall–Kier alpha value is -1.11. The number of nitrogens with zero attached hydrogens (tertiary/aromatic N) is 3. The molecule has 0 saturated heterocycles. The molecular weight excluding hydrogens is 269 g/mol. The van der Waals surface area contributed by atoms with Gasteiger partial charge in [0, 0.05) is 7.05 Å². The molecule has 114 valence electrons. The molecule has 1 aromatic rings. The van der Waals surface area contributed by atoms with E-state index in [0.717, 1.165) is 12.1 Å². The van der Waals surface area contributed by atoms with Gasteiger partial charge in [-0.2, -0.15) is 13.2 Å². The number of nitrogens with one attached hydrogen (secondary N) is 1. The van der Waals surface area contributed by atoms with Crippen molar-refractivity contribution in [2.24, 2.45) is 18.9 Å². The molecule has 1 N–H and O–H groups in total. The highest BCUT2D eigenvalue weighted by molar-refractivity contribution is 5.06. The summed E-state index contributed by atoms with van der Waals surface area (Å²) in [5, 5.41) is 10.8. The van der Waals surface area contributed by atoms with Crippen molar-refractivity contribution in [1.29, 1.82) is 0 Å². The normalized spacial score (nSPS) is 25.6. The summed E-state index contributed by atoms with van der Waals surface area (Å²) in [6, 6.07) is -0.341. The van der Waals surface area contributed by atoms with Crippen molar-refractivity contribution in [2.75, 3.05) is 6.54 Å². The van der Waals surface area contributed by atoms with Gasteiger partial charge >= 0.3 is 6.18 Å². The van der Waals surface area contributed by atoms with E-state index < -0.39 is 18.0 Å². The minimum Gasteiger partial charge on any atom is -0.309 e. The van der Waals surface area contributed by atoms with Crippen LogP contribution < -0.4 is 5.32 Å². The number of hydrogen-bond donors (Lipinski definition) is 1. The van der Waals surface area contributed by atoms with Crippen molar-refractivity contribution in [3.8, 4) is 0 Å². The Bertz CT molecular complexity index is 429. The van der Waals surface area contributed by atoms with Crippen molar-refractivity contribution < 1.29 is 13.2 Å². The number of hydrogen-bond acceptors (Lipinski definition) is 3. The molecule has 1 aromatic heterocycles. The van der Waals surface area contributed by atoms with Crippen LogP contribution in [-0.4, -0.2) is 27.7 Å². The van der Waals surface area contributed by atoms with Crippen LogP contribution in [0.25, 0.3) is 0 Å². The first kappa shape index (κ1) is 15.3. The van der Waals surface area contributed by atoms with Crippen molar-refractivity contribution in [3.05, 3.63) is 11.9 Å². The van der Waals surface area contributed by atoms with E-state index in [1.165, 1.54) is 0 Å². The monoisotopic (exact) mass is 290 g/mol. The van der Waals surface area contributed by atoms with Gasteiger partial charge < -0.3 is 5.32 Å². The molecule has 1 fully saturated rings. The molecule has 0 bridgehead atoms. The van der Waals surface area contributed by atoms with Crippen LogP contribution >= 0.6 is 0 Å². The number of aryl methyl sites for hydroxylation is 1. The molecule has 7 heteroatoms. The Morgan fingerprint density at radius 1 is 1.40 bits per heavy atom. The second-order valence-electron chi connectivity index (χ2n) is 5.41. The van der Waals surface area contributed by atoms with Crippen LogP contribution in [-0.2, 0) is 7.05 Å². The Morgan fingerprint density at radius 2 is 2.10 bits per heavy atom. The van der Waals surface area contributed by atoms with Crippen LogP contribution in [0.15, 0.2) is 6.20 Å². The van der Waals surface area contributed by atoms with E-state index in [4.69, 9.17) is 0 Å². The smallest absolute Gasteiger partial charge is 0.309 e. The van der Waals surface area contributed by atoms with Gasteiger partial charge in [0.2, 0.25) is 0 Å². The van der Waals surface area contributed by atoms with Crippen LogP contribution in [0.5, 0.6) is 0 Å². The zero-order valence-electron chi connectivity index (χ0n) is 11.8. The molecule has 0 aromatic carbocycles. The third-order valence-corrected chi connectivity index (χ3v) is 4.16. The fourth-order valence-electron chi connectivity index (χ4n) is 3.24. The molecule has 0 radical (unpaired) electrons. The SMILES string of the molecule is CCNC(c1cnnn1C)C1CCCCC1C(F)(F)F. The Kier molecular flexibility index (Phi) is 4.67. The van der Waals surface area contributed by atoms with Gasteiger partial charge in [0.15, 0.2) is 0 Å². The highest BCUT2D eigenvalue weighted by Gasteiger charge is 2.48. The zero-order valence-corrected chi connectivity index (χ0v) is 11.8.